The van der Waals surface area contributed by atoms with Crippen molar-refractivity contribution >= 4 is 64.1 Å². The van der Waals surface area contributed by atoms with E-state index < -0.39 is 114 Å². The first kappa shape index (κ1) is 54.5. The fourth-order valence-corrected chi connectivity index (χ4v) is 7.19. The molecular weight excluding hydrogens is 865 g/mol. The number of hydrogen-bond acceptors (Lipinski definition) is 10. The van der Waals surface area contributed by atoms with Gasteiger partial charge in [-0.05, 0) is 61.1 Å². The number of nitrogens with two attached hydrogens (primary N) is 2. The van der Waals surface area contributed by atoms with E-state index in [1.807, 2.05) is 62.4 Å². The Morgan fingerprint density at radius 3 is 1.82 bits per heavy atom. The summed E-state index contributed by atoms with van der Waals surface area (Å²) in [5.74, 6) is -8.30. The van der Waals surface area contributed by atoms with Gasteiger partial charge in [-0.15, -0.1) is 0 Å². The number of aliphatic carboxylic acids is 1. The maximum absolute atomic E-state index is 14.5. The molecule has 0 unspecified atom stereocenters. The summed E-state index contributed by atoms with van der Waals surface area (Å²) in [5.41, 5.74) is 13.9. The molecule has 0 saturated heterocycles. The van der Waals surface area contributed by atoms with Crippen molar-refractivity contribution in [3.05, 3.63) is 71.9 Å². The fourth-order valence-electron chi connectivity index (χ4n) is 7.19. The van der Waals surface area contributed by atoms with Gasteiger partial charge in [-0.1, -0.05) is 96.5 Å². The molecule has 0 aliphatic carbocycles. The summed E-state index contributed by atoms with van der Waals surface area (Å²) < 4.78 is 0. The number of carboxylic acids is 1. The number of aromatic amines is 1. The fraction of sp³-hybridized carbons (Fsp3) is 0.511. The van der Waals surface area contributed by atoms with Crippen LogP contribution >= 0.6 is 0 Å². The molecule has 2 aromatic carbocycles. The average Bonchev–Trinajstić information content (AvgIpc) is 3.68. The number of para-hydroxylation sites is 1. The van der Waals surface area contributed by atoms with Gasteiger partial charge in [0.15, 0.2) is 0 Å². The number of benzene rings is 2. The van der Waals surface area contributed by atoms with Crippen LogP contribution in [0.25, 0.3) is 10.9 Å². The second-order valence-corrected chi connectivity index (χ2v) is 17.6. The Kier molecular flexibility index (Phi) is 21.4. The second kappa shape index (κ2) is 26.3. The van der Waals surface area contributed by atoms with Crippen LogP contribution in [-0.2, 0) is 56.0 Å². The van der Waals surface area contributed by atoms with E-state index in [4.69, 9.17) is 16.6 Å². The number of amides is 8. The maximum Gasteiger partial charge on any atom is 0.322 e. The van der Waals surface area contributed by atoms with Crippen molar-refractivity contribution in [3.8, 4) is 0 Å². The smallest absolute Gasteiger partial charge is 0.322 e. The number of hydrogen-bond donors (Lipinski definition) is 11. The van der Waals surface area contributed by atoms with Gasteiger partial charge in [0.05, 0.1) is 6.04 Å². The summed E-state index contributed by atoms with van der Waals surface area (Å²) >= 11 is 0. The lowest BCUT2D eigenvalue weighted by atomic mass is 9.96. The Labute approximate surface area is 390 Å². The van der Waals surface area contributed by atoms with E-state index >= 15 is 0 Å². The molecule has 0 fully saturated rings. The van der Waals surface area contributed by atoms with Crippen LogP contribution < -0.4 is 48.7 Å². The number of nitrogens with one attached hydrogen (secondary N) is 8. The van der Waals surface area contributed by atoms with Crippen LogP contribution in [0.1, 0.15) is 85.3 Å². The third-order valence-electron chi connectivity index (χ3n) is 11.2. The molecule has 0 saturated carbocycles. The molecule has 0 aliphatic rings. The summed E-state index contributed by atoms with van der Waals surface area (Å²) in [4.78, 5) is 122. The zero-order chi connectivity index (χ0) is 50.0. The van der Waals surface area contributed by atoms with Crippen molar-refractivity contribution in [2.75, 3.05) is 6.54 Å². The molecule has 13 N–H and O–H groups in total. The van der Waals surface area contributed by atoms with Crippen LogP contribution in [0, 0.1) is 17.8 Å². The molecule has 20 heteroatoms. The van der Waals surface area contributed by atoms with Crippen molar-refractivity contribution in [2.45, 2.75) is 129 Å². The number of primary amides is 1. The topological polar surface area (TPSA) is 326 Å². The SMILES string of the molecule is CC[C@H](C)[C@H](NC(=O)[C@H](CC(C)C)NC(=O)[C@H](Cc1c[nH]c2ccccc12)NC(=O)[C@H](CCC(N)=O)NC(=O)[C@@H](NC(=O)[C@@H](N)Cc1ccccc1)C(C)C)C(=O)N[C@@H](C)C(=O)NCC(=O)O. The van der Waals surface area contributed by atoms with E-state index in [1.165, 1.54) is 6.92 Å². The van der Waals surface area contributed by atoms with E-state index in [1.54, 1.807) is 40.0 Å². The van der Waals surface area contributed by atoms with E-state index in [0.29, 0.717) is 12.0 Å². The minimum Gasteiger partial charge on any atom is -0.480 e. The first-order chi connectivity index (χ1) is 31.6. The normalized spacial score (nSPS) is 14.8. The second-order valence-electron chi connectivity index (χ2n) is 17.6. The van der Waals surface area contributed by atoms with Crippen LogP contribution in [0.5, 0.6) is 0 Å². The molecule has 8 atom stereocenters. The molecule has 8 amide bonds. The van der Waals surface area contributed by atoms with Gasteiger partial charge in [0.2, 0.25) is 47.3 Å². The molecule has 0 aliphatic heterocycles. The predicted molar refractivity (Wildman–Crippen MR) is 250 cm³/mol. The van der Waals surface area contributed by atoms with E-state index in [0.717, 1.165) is 16.5 Å². The largest absolute Gasteiger partial charge is 0.480 e. The van der Waals surface area contributed by atoms with Crippen molar-refractivity contribution in [2.24, 2.45) is 29.2 Å². The molecule has 67 heavy (non-hydrogen) atoms. The Bertz CT molecular complexity index is 2200. The summed E-state index contributed by atoms with van der Waals surface area (Å²) in [5, 5.41) is 27.9. The van der Waals surface area contributed by atoms with Gasteiger partial charge < -0.3 is 58.8 Å². The summed E-state index contributed by atoms with van der Waals surface area (Å²) in [6, 6.07) is 7.86. The van der Waals surface area contributed by atoms with Gasteiger partial charge >= 0.3 is 5.97 Å². The molecule has 1 aromatic heterocycles. The first-order valence-electron chi connectivity index (χ1n) is 22.6. The Morgan fingerprint density at radius 1 is 0.642 bits per heavy atom. The third-order valence-corrected chi connectivity index (χ3v) is 11.2. The first-order valence-corrected chi connectivity index (χ1v) is 22.6. The van der Waals surface area contributed by atoms with Crippen LogP contribution in [0.15, 0.2) is 60.8 Å². The Balaban J connectivity index is 1.92. The number of aromatic nitrogens is 1. The monoisotopic (exact) mass is 933 g/mol. The van der Waals surface area contributed by atoms with E-state index in [2.05, 4.69) is 42.2 Å². The quantitative estimate of drug-likeness (QED) is 0.0498. The molecule has 0 bridgehead atoms. The third kappa shape index (κ3) is 17.5. The predicted octanol–water partition coefficient (Wildman–Crippen LogP) is 0.424. The molecular formula is C47H68N10O10. The highest BCUT2D eigenvalue weighted by molar-refractivity contribution is 5.98. The highest BCUT2D eigenvalue weighted by Gasteiger charge is 2.36. The van der Waals surface area contributed by atoms with Crippen LogP contribution in [0.4, 0.5) is 0 Å². The van der Waals surface area contributed by atoms with Gasteiger partial charge in [0.1, 0.15) is 42.8 Å². The molecule has 0 spiro atoms. The van der Waals surface area contributed by atoms with Gasteiger partial charge in [-0.25, -0.2) is 0 Å². The van der Waals surface area contributed by atoms with E-state index in [9.17, 15) is 43.2 Å². The van der Waals surface area contributed by atoms with Gasteiger partial charge in [-0.3, -0.25) is 43.2 Å². The molecule has 0 radical (unpaired) electrons. The number of fused-ring (bicyclic) bond motifs is 1. The lowest BCUT2D eigenvalue weighted by molar-refractivity contribution is -0.138. The van der Waals surface area contributed by atoms with Gasteiger partial charge in [0.25, 0.3) is 0 Å². The minimum absolute atomic E-state index is 0.0994. The lowest BCUT2D eigenvalue weighted by Crippen LogP contribution is -2.61. The number of carbonyl (C=O) groups is 9. The standard InChI is InChI=1S/C47H68N10O10/c1-8-27(6)40(47(67)52-28(7)41(61)51-24-38(59)60)57-45(65)35(20-25(2)3)54-44(64)36(22-30-23-50-33-17-13-12-16-31(30)33)55-43(63)34(18-19-37(49)58)53-46(66)39(26(4)5)56-42(62)32(48)21-29-14-10-9-11-15-29/h9-17,23,25-28,32,34-36,39-40,50H,8,18-22,24,48H2,1-7H3,(H2,49,58)(H,51,61)(H,52,67)(H,53,66)(H,54,64)(H,55,63)(H,56,62)(H,57,65)(H,59,60)/t27-,28-,32-,34-,35-,36-,39-,40-/m0/s1. The highest BCUT2D eigenvalue weighted by Crippen LogP contribution is 2.20. The lowest BCUT2D eigenvalue weighted by Gasteiger charge is -2.29. The molecule has 1 heterocycles. The van der Waals surface area contributed by atoms with Crippen LogP contribution in [0.2, 0.25) is 0 Å². The number of carboxylic acid groups (broad SMARTS) is 1. The van der Waals surface area contributed by atoms with Crippen molar-refractivity contribution in [1.29, 1.82) is 0 Å². The van der Waals surface area contributed by atoms with Crippen molar-refractivity contribution < 1.29 is 48.3 Å². The van der Waals surface area contributed by atoms with Gasteiger partial charge in [0, 0.05) is 29.9 Å². The zero-order valence-electron chi connectivity index (χ0n) is 39.3. The molecule has 366 valence electrons. The summed E-state index contributed by atoms with van der Waals surface area (Å²) in [6.45, 7) is 11.3. The van der Waals surface area contributed by atoms with Crippen molar-refractivity contribution in [3.63, 3.8) is 0 Å². The van der Waals surface area contributed by atoms with Crippen molar-refractivity contribution in [1.82, 2.24) is 42.2 Å². The average molecular weight is 933 g/mol. The van der Waals surface area contributed by atoms with Gasteiger partial charge in [-0.2, -0.15) is 0 Å². The number of H-pyrrole nitrogens is 1. The zero-order valence-corrected chi connectivity index (χ0v) is 39.3. The summed E-state index contributed by atoms with van der Waals surface area (Å²) in [7, 11) is 0. The summed E-state index contributed by atoms with van der Waals surface area (Å²) in [6.07, 6.45) is 1.72. The van der Waals surface area contributed by atoms with E-state index in [-0.39, 0.29) is 38.0 Å². The molecule has 3 rings (SSSR count). The minimum atomic E-state index is -1.42. The van der Waals surface area contributed by atoms with Crippen LogP contribution in [-0.4, -0.2) is 112 Å². The highest BCUT2D eigenvalue weighted by atomic mass is 16.4. The number of rotatable bonds is 27. The molecule has 20 nitrogen and oxygen atoms in total. The number of carbonyl (C=O) groups excluding carboxylic acids is 8. The Hall–Kier alpha value is -6.83. The maximum atomic E-state index is 14.5. The molecule has 3 aromatic rings. The Morgan fingerprint density at radius 2 is 1.21 bits per heavy atom. The van der Waals surface area contributed by atoms with Crippen LogP contribution in [0.3, 0.4) is 0 Å².